The maximum absolute atomic E-state index is 11.8. The Bertz CT molecular complexity index is 382. The van der Waals surface area contributed by atoms with Crippen molar-refractivity contribution in [2.75, 3.05) is 0 Å². The van der Waals surface area contributed by atoms with Gasteiger partial charge in [0.25, 0.3) is 0 Å². The van der Waals surface area contributed by atoms with Gasteiger partial charge >= 0.3 is 0 Å². The molecule has 0 unspecified atom stereocenters. The van der Waals surface area contributed by atoms with Crippen molar-refractivity contribution in [1.82, 2.24) is 5.32 Å². The molecule has 0 atom stereocenters. The van der Waals surface area contributed by atoms with Gasteiger partial charge in [0, 0.05) is 12.1 Å². The summed E-state index contributed by atoms with van der Waals surface area (Å²) in [5.41, 5.74) is 0.869. The van der Waals surface area contributed by atoms with Gasteiger partial charge in [0.15, 0.2) is 0 Å². The van der Waals surface area contributed by atoms with Crippen LogP contribution in [0.3, 0.4) is 0 Å². The Morgan fingerprint density at radius 2 is 1.82 bits per heavy atom. The van der Waals surface area contributed by atoms with Crippen molar-refractivity contribution in [2.24, 2.45) is 5.92 Å². The van der Waals surface area contributed by atoms with Crippen LogP contribution in [0.4, 0.5) is 0 Å². The molecule has 0 bridgehead atoms. The minimum atomic E-state index is 0.144. The van der Waals surface area contributed by atoms with Crippen molar-refractivity contribution < 1.29 is 4.79 Å². The van der Waals surface area contributed by atoms with Crippen molar-refractivity contribution >= 4 is 5.91 Å². The van der Waals surface area contributed by atoms with Crippen molar-refractivity contribution in [3.05, 3.63) is 48.2 Å². The first-order valence-corrected chi connectivity index (χ1v) is 6.36. The summed E-state index contributed by atoms with van der Waals surface area (Å²) in [7, 11) is 0. The molecule has 0 spiro atoms. The van der Waals surface area contributed by atoms with Gasteiger partial charge in [-0.25, -0.2) is 0 Å². The fourth-order valence-corrected chi connectivity index (χ4v) is 2.34. The van der Waals surface area contributed by atoms with E-state index in [0.717, 1.165) is 5.70 Å². The fraction of sp³-hybridized carbons (Fsp3) is 0.400. The average Bonchev–Trinajstić information content (AvgIpc) is 2.74. The van der Waals surface area contributed by atoms with Crippen molar-refractivity contribution in [2.45, 2.75) is 32.1 Å². The highest BCUT2D eigenvalue weighted by Crippen LogP contribution is 2.27. The van der Waals surface area contributed by atoms with E-state index in [1.165, 1.54) is 25.7 Å². The fourth-order valence-electron chi connectivity index (χ4n) is 2.34. The average molecular weight is 229 g/mol. The van der Waals surface area contributed by atoms with Crippen LogP contribution >= 0.6 is 0 Å². The third-order valence-electron chi connectivity index (χ3n) is 3.23. The van der Waals surface area contributed by atoms with Crippen LogP contribution in [0.1, 0.15) is 32.1 Å². The molecular formula is C15H19NO. The highest BCUT2D eigenvalue weighted by atomic mass is 16.1. The molecule has 90 valence electrons. The number of hydrogen-bond acceptors (Lipinski definition) is 1. The Hall–Kier alpha value is -1.57. The molecule has 0 aliphatic heterocycles. The summed E-state index contributed by atoms with van der Waals surface area (Å²) in [6, 6.07) is 0. The largest absolute Gasteiger partial charge is 0.326 e. The summed E-state index contributed by atoms with van der Waals surface area (Å²) in [5.74, 6) is 0.745. The van der Waals surface area contributed by atoms with E-state index in [1.807, 2.05) is 42.5 Å². The second kappa shape index (κ2) is 6.24. The molecule has 0 heterocycles. The number of carbonyl (C=O) groups excluding carboxylic acids is 1. The number of rotatable bonds is 3. The van der Waals surface area contributed by atoms with Crippen LogP contribution in [0.25, 0.3) is 0 Å². The summed E-state index contributed by atoms with van der Waals surface area (Å²) < 4.78 is 0. The monoisotopic (exact) mass is 229 g/mol. The first-order chi connectivity index (χ1) is 8.34. The Morgan fingerprint density at radius 1 is 1.12 bits per heavy atom. The Labute approximate surface area is 103 Å². The standard InChI is InChI=1S/C15H19NO/c17-15(12-13-8-6-7-9-13)16-14-10-4-2-1-3-5-11-14/h1-5,10-11,13H,6-9,12H2,(H,16,17)/b2-1-,3-1?,4-2?,5-3-,10-4-,11-5?,14-10?,14-11+. The molecule has 2 rings (SSSR count). The molecule has 1 fully saturated rings. The zero-order valence-corrected chi connectivity index (χ0v) is 10.1. The molecule has 1 amide bonds. The van der Waals surface area contributed by atoms with Gasteiger partial charge in [-0.15, -0.1) is 0 Å². The SMILES string of the molecule is O=C(CC1CCCC1)NC1=C/C=C\C=C/C=C\1. The van der Waals surface area contributed by atoms with Gasteiger partial charge in [-0.3, -0.25) is 4.79 Å². The van der Waals surface area contributed by atoms with Crippen LogP contribution < -0.4 is 5.32 Å². The Balaban J connectivity index is 1.84. The summed E-state index contributed by atoms with van der Waals surface area (Å²) in [5, 5.41) is 2.96. The molecular weight excluding hydrogens is 210 g/mol. The van der Waals surface area contributed by atoms with Crippen LogP contribution in [0.5, 0.6) is 0 Å². The molecule has 0 saturated heterocycles. The summed E-state index contributed by atoms with van der Waals surface area (Å²) in [6.45, 7) is 0. The third kappa shape index (κ3) is 4.06. The summed E-state index contributed by atoms with van der Waals surface area (Å²) >= 11 is 0. The van der Waals surface area contributed by atoms with Crippen LogP contribution in [0, 0.1) is 5.92 Å². The van der Waals surface area contributed by atoms with Gasteiger partial charge in [0.05, 0.1) is 0 Å². The lowest BCUT2D eigenvalue weighted by molar-refractivity contribution is -0.121. The molecule has 0 aromatic carbocycles. The molecule has 2 heteroatoms. The molecule has 17 heavy (non-hydrogen) atoms. The van der Waals surface area contributed by atoms with Crippen molar-refractivity contribution in [3.8, 4) is 0 Å². The van der Waals surface area contributed by atoms with Crippen LogP contribution in [-0.4, -0.2) is 5.91 Å². The summed E-state index contributed by atoms with van der Waals surface area (Å²) in [6.07, 6.45) is 19.3. The van der Waals surface area contributed by atoms with E-state index < -0.39 is 0 Å². The van der Waals surface area contributed by atoms with Gasteiger partial charge in [0.1, 0.15) is 0 Å². The second-order valence-corrected chi connectivity index (χ2v) is 4.65. The Morgan fingerprint density at radius 3 is 2.65 bits per heavy atom. The highest BCUT2D eigenvalue weighted by molar-refractivity contribution is 5.78. The van der Waals surface area contributed by atoms with Crippen molar-refractivity contribution in [1.29, 1.82) is 0 Å². The number of amides is 1. The zero-order valence-electron chi connectivity index (χ0n) is 10.1. The molecule has 0 radical (unpaired) electrons. The van der Waals surface area contributed by atoms with Gasteiger partial charge in [-0.2, -0.15) is 0 Å². The van der Waals surface area contributed by atoms with Crippen LogP contribution in [0.15, 0.2) is 48.2 Å². The topological polar surface area (TPSA) is 29.1 Å². The lowest BCUT2D eigenvalue weighted by atomic mass is 10.0. The lowest BCUT2D eigenvalue weighted by Gasteiger charge is -2.10. The quantitative estimate of drug-likeness (QED) is 0.790. The Kier molecular flexibility index (Phi) is 4.37. The predicted molar refractivity (Wildman–Crippen MR) is 70.2 cm³/mol. The van der Waals surface area contributed by atoms with E-state index >= 15 is 0 Å². The molecule has 0 aromatic rings. The molecule has 2 aliphatic carbocycles. The van der Waals surface area contributed by atoms with Gasteiger partial charge in [-0.1, -0.05) is 43.2 Å². The van der Waals surface area contributed by atoms with Crippen LogP contribution in [0.2, 0.25) is 0 Å². The molecule has 1 N–H and O–H groups in total. The highest BCUT2D eigenvalue weighted by Gasteiger charge is 2.18. The number of allylic oxidation sites excluding steroid dienone is 7. The first-order valence-electron chi connectivity index (χ1n) is 6.36. The van der Waals surface area contributed by atoms with E-state index in [-0.39, 0.29) is 5.91 Å². The van der Waals surface area contributed by atoms with Crippen molar-refractivity contribution in [3.63, 3.8) is 0 Å². The summed E-state index contributed by atoms with van der Waals surface area (Å²) in [4.78, 5) is 11.8. The third-order valence-corrected chi connectivity index (χ3v) is 3.23. The normalized spacial score (nSPS) is 28.6. The lowest BCUT2D eigenvalue weighted by Crippen LogP contribution is -2.23. The van der Waals surface area contributed by atoms with Crippen LogP contribution in [-0.2, 0) is 4.79 Å². The zero-order chi connectivity index (χ0) is 11.9. The van der Waals surface area contributed by atoms with Gasteiger partial charge in [-0.05, 0) is 30.9 Å². The predicted octanol–water partition coefficient (Wildman–Crippen LogP) is 3.25. The first kappa shape index (κ1) is 11.9. The number of nitrogens with one attached hydrogen (secondary N) is 1. The van der Waals surface area contributed by atoms with Gasteiger partial charge in [0.2, 0.25) is 5.91 Å². The van der Waals surface area contributed by atoms with E-state index in [4.69, 9.17) is 0 Å². The van der Waals surface area contributed by atoms with Gasteiger partial charge < -0.3 is 5.32 Å². The number of hydrogen-bond donors (Lipinski definition) is 1. The molecule has 2 nitrogen and oxygen atoms in total. The van der Waals surface area contributed by atoms with E-state index in [0.29, 0.717) is 12.3 Å². The minimum Gasteiger partial charge on any atom is -0.326 e. The smallest absolute Gasteiger partial charge is 0.224 e. The molecule has 0 aromatic heterocycles. The molecule has 1 saturated carbocycles. The number of carbonyl (C=O) groups is 1. The molecule has 2 aliphatic rings. The minimum absolute atomic E-state index is 0.144. The maximum Gasteiger partial charge on any atom is 0.224 e. The maximum atomic E-state index is 11.8. The van der Waals surface area contributed by atoms with E-state index in [1.54, 1.807) is 0 Å². The van der Waals surface area contributed by atoms with E-state index in [2.05, 4.69) is 5.32 Å². The van der Waals surface area contributed by atoms with E-state index in [9.17, 15) is 4.79 Å². The second-order valence-electron chi connectivity index (χ2n) is 4.65.